The van der Waals surface area contributed by atoms with Crippen molar-refractivity contribution in [2.75, 3.05) is 5.32 Å². The summed E-state index contributed by atoms with van der Waals surface area (Å²) in [6.45, 7) is -0.289. The van der Waals surface area contributed by atoms with Gasteiger partial charge in [0.2, 0.25) is 0 Å². The van der Waals surface area contributed by atoms with E-state index in [0.717, 1.165) is 6.07 Å². The molecule has 126 valence electrons. The molecule has 1 amide bonds. The highest BCUT2D eigenvalue weighted by atomic mass is 19.1. The predicted molar refractivity (Wildman–Crippen MR) is 87.4 cm³/mol. The molecule has 25 heavy (non-hydrogen) atoms. The van der Waals surface area contributed by atoms with Crippen LogP contribution in [0.1, 0.15) is 10.4 Å². The van der Waals surface area contributed by atoms with Crippen molar-refractivity contribution in [3.05, 3.63) is 66.1 Å². The number of amides is 1. The van der Waals surface area contributed by atoms with E-state index in [1.54, 1.807) is 24.3 Å². The molecule has 0 aliphatic heterocycles. The maximum Gasteiger partial charge on any atom is 0.325 e. The highest BCUT2D eigenvalue weighted by Crippen LogP contribution is 2.21. The minimum absolute atomic E-state index is 0.206. The number of aromatic nitrogens is 3. The molecule has 3 aromatic rings. The summed E-state index contributed by atoms with van der Waals surface area (Å²) < 4.78 is 14.4. The van der Waals surface area contributed by atoms with E-state index >= 15 is 0 Å². The molecule has 8 heteroatoms. The normalized spacial score (nSPS) is 10.4. The Balaban J connectivity index is 1.78. The van der Waals surface area contributed by atoms with E-state index in [1.165, 1.54) is 29.1 Å². The predicted octanol–water partition coefficient (Wildman–Crippen LogP) is 2.42. The highest BCUT2D eigenvalue weighted by Gasteiger charge is 2.10. The summed E-state index contributed by atoms with van der Waals surface area (Å²) in [6, 6.07) is 12.2. The van der Waals surface area contributed by atoms with E-state index in [2.05, 4.69) is 15.6 Å². The zero-order chi connectivity index (χ0) is 17.8. The van der Waals surface area contributed by atoms with Crippen LogP contribution in [0.15, 0.2) is 54.7 Å². The van der Waals surface area contributed by atoms with Gasteiger partial charge in [-0.1, -0.05) is 23.4 Å². The lowest BCUT2D eigenvalue weighted by Crippen LogP contribution is -2.12. The number of carbonyl (C=O) groups excluding carboxylic acids is 1. The average Bonchev–Trinajstić information content (AvgIpc) is 3.03. The molecule has 2 N–H and O–H groups in total. The first-order chi connectivity index (χ1) is 12.0. The number of benzene rings is 2. The minimum atomic E-state index is -1.02. The summed E-state index contributed by atoms with van der Waals surface area (Å²) in [5.41, 5.74) is 1.84. The van der Waals surface area contributed by atoms with Crippen LogP contribution in [-0.2, 0) is 11.3 Å². The fraction of sp³-hybridized carbons (Fsp3) is 0.0588. The van der Waals surface area contributed by atoms with Gasteiger partial charge in [0.1, 0.15) is 18.1 Å². The maximum atomic E-state index is 13.2. The molecule has 1 heterocycles. The molecule has 2 aromatic carbocycles. The van der Waals surface area contributed by atoms with Crippen LogP contribution in [0.5, 0.6) is 0 Å². The topological polar surface area (TPSA) is 97.1 Å². The number of anilines is 1. The van der Waals surface area contributed by atoms with E-state index in [9.17, 15) is 14.0 Å². The number of carboxylic acids is 1. The molecule has 1 aromatic heterocycles. The molecule has 0 saturated carbocycles. The van der Waals surface area contributed by atoms with Gasteiger partial charge in [-0.25, -0.2) is 9.07 Å². The summed E-state index contributed by atoms with van der Waals surface area (Å²) in [5.74, 6) is -1.95. The lowest BCUT2D eigenvalue weighted by atomic mass is 10.1. The number of nitrogens with one attached hydrogen (secondary N) is 1. The summed E-state index contributed by atoms with van der Waals surface area (Å²) in [5, 5.41) is 19.1. The van der Waals surface area contributed by atoms with Crippen molar-refractivity contribution in [1.82, 2.24) is 15.0 Å². The third-order valence-corrected chi connectivity index (χ3v) is 3.34. The van der Waals surface area contributed by atoms with Gasteiger partial charge in [0.25, 0.3) is 5.91 Å². The van der Waals surface area contributed by atoms with Crippen molar-refractivity contribution in [2.45, 2.75) is 6.54 Å². The molecular weight excluding hydrogens is 327 g/mol. The van der Waals surface area contributed by atoms with E-state index in [1.807, 2.05) is 0 Å². The first kappa shape index (κ1) is 16.3. The Kier molecular flexibility index (Phi) is 4.51. The number of rotatable bonds is 5. The number of carboxylic acid groups (broad SMARTS) is 1. The lowest BCUT2D eigenvalue weighted by Gasteiger charge is -2.06. The Morgan fingerprint density at radius 2 is 1.96 bits per heavy atom. The summed E-state index contributed by atoms with van der Waals surface area (Å²) >= 11 is 0. The van der Waals surface area contributed by atoms with Gasteiger partial charge in [0, 0.05) is 16.8 Å². The highest BCUT2D eigenvalue weighted by molar-refractivity contribution is 6.04. The van der Waals surface area contributed by atoms with E-state index < -0.39 is 17.7 Å². The van der Waals surface area contributed by atoms with Crippen LogP contribution in [0, 0.1) is 5.82 Å². The number of carbonyl (C=O) groups is 2. The van der Waals surface area contributed by atoms with Gasteiger partial charge in [0.05, 0.1) is 6.20 Å². The van der Waals surface area contributed by atoms with Crippen LogP contribution in [0.4, 0.5) is 10.1 Å². The second-order valence-electron chi connectivity index (χ2n) is 5.24. The molecule has 3 rings (SSSR count). The Labute approximate surface area is 141 Å². The Hall–Kier alpha value is -3.55. The summed E-state index contributed by atoms with van der Waals surface area (Å²) in [4.78, 5) is 22.9. The van der Waals surface area contributed by atoms with Crippen LogP contribution in [0.3, 0.4) is 0 Å². The molecular formula is C17H13FN4O3. The van der Waals surface area contributed by atoms with Gasteiger partial charge in [-0.3, -0.25) is 9.59 Å². The summed E-state index contributed by atoms with van der Waals surface area (Å²) in [7, 11) is 0. The second-order valence-corrected chi connectivity index (χ2v) is 5.24. The number of hydrogen-bond acceptors (Lipinski definition) is 4. The van der Waals surface area contributed by atoms with Crippen molar-refractivity contribution in [2.24, 2.45) is 0 Å². The molecule has 0 spiro atoms. The van der Waals surface area contributed by atoms with Gasteiger partial charge in [-0.2, -0.15) is 0 Å². The molecule has 0 fully saturated rings. The van der Waals surface area contributed by atoms with Crippen molar-refractivity contribution < 1.29 is 19.1 Å². The van der Waals surface area contributed by atoms with E-state index in [-0.39, 0.29) is 12.1 Å². The Morgan fingerprint density at radius 3 is 2.72 bits per heavy atom. The van der Waals surface area contributed by atoms with Crippen LogP contribution in [0.2, 0.25) is 0 Å². The van der Waals surface area contributed by atoms with E-state index in [0.29, 0.717) is 16.9 Å². The average molecular weight is 340 g/mol. The summed E-state index contributed by atoms with van der Waals surface area (Å²) in [6.07, 6.45) is 1.50. The van der Waals surface area contributed by atoms with Crippen LogP contribution >= 0.6 is 0 Å². The monoisotopic (exact) mass is 340 g/mol. The first-order valence-electron chi connectivity index (χ1n) is 7.30. The fourth-order valence-corrected chi connectivity index (χ4v) is 2.24. The van der Waals surface area contributed by atoms with Gasteiger partial charge in [0.15, 0.2) is 0 Å². The van der Waals surface area contributed by atoms with Crippen LogP contribution in [0.25, 0.3) is 11.3 Å². The molecule has 0 bridgehead atoms. The number of nitrogens with zero attached hydrogens (tertiary/aromatic N) is 3. The zero-order valence-electron chi connectivity index (χ0n) is 12.9. The minimum Gasteiger partial charge on any atom is -0.480 e. The molecule has 0 aliphatic carbocycles. The molecule has 0 unspecified atom stereocenters. The third-order valence-electron chi connectivity index (χ3n) is 3.34. The number of hydrogen-bond donors (Lipinski definition) is 2. The van der Waals surface area contributed by atoms with Crippen molar-refractivity contribution in [1.29, 1.82) is 0 Å². The smallest absolute Gasteiger partial charge is 0.325 e. The van der Waals surface area contributed by atoms with Crippen molar-refractivity contribution in [3.8, 4) is 11.3 Å². The first-order valence-corrected chi connectivity index (χ1v) is 7.30. The zero-order valence-corrected chi connectivity index (χ0v) is 12.9. The third kappa shape index (κ3) is 4.05. The van der Waals surface area contributed by atoms with E-state index in [4.69, 9.17) is 5.11 Å². The lowest BCUT2D eigenvalue weighted by molar-refractivity contribution is -0.137. The van der Waals surface area contributed by atoms with Crippen LogP contribution < -0.4 is 5.32 Å². The Morgan fingerprint density at radius 1 is 1.16 bits per heavy atom. The molecule has 0 atom stereocenters. The standard InChI is InChI=1S/C17H13FN4O3/c18-13-5-1-4-12(7-13)17(25)19-14-6-2-3-11(8-14)15-9-22(21-20-15)10-16(23)24/h1-9H,10H2,(H,19,25)(H,23,24). The van der Waals surface area contributed by atoms with Gasteiger partial charge in [-0.05, 0) is 30.3 Å². The molecule has 0 radical (unpaired) electrons. The molecule has 0 aliphatic rings. The second kappa shape index (κ2) is 6.91. The fourth-order valence-electron chi connectivity index (χ4n) is 2.24. The SMILES string of the molecule is O=C(O)Cn1cc(-c2cccc(NC(=O)c3cccc(F)c3)c2)nn1. The van der Waals surface area contributed by atoms with Gasteiger partial charge >= 0.3 is 5.97 Å². The van der Waals surface area contributed by atoms with Crippen molar-refractivity contribution in [3.63, 3.8) is 0 Å². The Bertz CT molecular complexity index is 939. The van der Waals surface area contributed by atoms with Gasteiger partial charge in [-0.15, -0.1) is 5.10 Å². The number of aliphatic carboxylic acids is 1. The largest absolute Gasteiger partial charge is 0.480 e. The van der Waals surface area contributed by atoms with Crippen LogP contribution in [-0.4, -0.2) is 32.0 Å². The molecule has 0 saturated heterocycles. The quantitative estimate of drug-likeness (QED) is 0.743. The van der Waals surface area contributed by atoms with Gasteiger partial charge < -0.3 is 10.4 Å². The number of halogens is 1. The maximum absolute atomic E-state index is 13.2. The molecule has 7 nitrogen and oxygen atoms in total. The van der Waals surface area contributed by atoms with Crippen molar-refractivity contribution >= 4 is 17.6 Å².